The number of carbonyl (C=O) groups is 1. The van der Waals surface area contributed by atoms with E-state index in [9.17, 15) is 14.9 Å². The third kappa shape index (κ3) is 4.03. The third-order valence-electron chi connectivity index (χ3n) is 3.33. The number of carboxylic acid groups (broad SMARTS) is 1. The van der Waals surface area contributed by atoms with Gasteiger partial charge in [-0.05, 0) is 20.8 Å². The molecule has 1 atom stereocenters. The smallest absolute Gasteiger partial charge is 0.304 e. The normalized spacial score (nSPS) is 12.7. The SMILES string of the molecule is CC(C)N(CCC(=O)O)C(C)c1ccccc1[N+](=O)[O-]. The highest BCUT2D eigenvalue weighted by Gasteiger charge is 2.25. The van der Waals surface area contributed by atoms with E-state index in [1.165, 1.54) is 6.07 Å². The number of nitrogens with zero attached hydrogens (tertiary/aromatic N) is 2. The van der Waals surface area contributed by atoms with Crippen molar-refractivity contribution in [2.75, 3.05) is 6.54 Å². The van der Waals surface area contributed by atoms with Crippen molar-refractivity contribution in [3.05, 3.63) is 39.9 Å². The summed E-state index contributed by atoms with van der Waals surface area (Å²) < 4.78 is 0. The molecule has 0 bridgehead atoms. The van der Waals surface area contributed by atoms with E-state index in [0.717, 1.165) is 0 Å². The molecule has 20 heavy (non-hydrogen) atoms. The van der Waals surface area contributed by atoms with Crippen LogP contribution < -0.4 is 0 Å². The summed E-state index contributed by atoms with van der Waals surface area (Å²) in [7, 11) is 0. The fourth-order valence-electron chi connectivity index (χ4n) is 2.31. The van der Waals surface area contributed by atoms with Crippen LogP contribution in [0, 0.1) is 10.1 Å². The molecule has 0 spiro atoms. The van der Waals surface area contributed by atoms with Crippen molar-refractivity contribution in [1.82, 2.24) is 4.90 Å². The Morgan fingerprint density at radius 3 is 2.45 bits per heavy atom. The van der Waals surface area contributed by atoms with E-state index in [1.807, 2.05) is 25.7 Å². The summed E-state index contributed by atoms with van der Waals surface area (Å²) in [6.07, 6.45) is 0.0170. The van der Waals surface area contributed by atoms with Gasteiger partial charge in [-0.15, -0.1) is 0 Å². The molecule has 0 heterocycles. The minimum atomic E-state index is -0.870. The maximum atomic E-state index is 11.1. The Hall–Kier alpha value is -1.95. The van der Waals surface area contributed by atoms with Crippen LogP contribution in [0.3, 0.4) is 0 Å². The Kier molecular flexibility index (Phi) is 5.64. The Balaban J connectivity index is 3.03. The van der Waals surface area contributed by atoms with Crippen molar-refractivity contribution >= 4 is 11.7 Å². The standard InChI is InChI=1S/C14H20N2O4/c1-10(2)15(9-8-14(17)18)11(3)12-6-4-5-7-13(12)16(19)20/h4-7,10-11H,8-9H2,1-3H3,(H,17,18). The topological polar surface area (TPSA) is 83.7 Å². The van der Waals surface area contributed by atoms with Crippen molar-refractivity contribution in [3.63, 3.8) is 0 Å². The van der Waals surface area contributed by atoms with E-state index >= 15 is 0 Å². The predicted octanol–water partition coefficient (Wildman–Crippen LogP) is 2.84. The van der Waals surface area contributed by atoms with E-state index < -0.39 is 10.9 Å². The summed E-state index contributed by atoms with van der Waals surface area (Å²) in [5, 5.41) is 19.9. The number of benzene rings is 1. The Morgan fingerprint density at radius 2 is 1.95 bits per heavy atom. The Morgan fingerprint density at radius 1 is 1.35 bits per heavy atom. The predicted molar refractivity (Wildman–Crippen MR) is 75.6 cm³/mol. The van der Waals surface area contributed by atoms with Gasteiger partial charge in [-0.25, -0.2) is 0 Å². The Bertz CT molecular complexity index is 488. The number of hydrogen-bond donors (Lipinski definition) is 1. The van der Waals surface area contributed by atoms with Crippen molar-refractivity contribution in [2.45, 2.75) is 39.3 Å². The molecule has 6 nitrogen and oxygen atoms in total. The molecule has 0 amide bonds. The number of nitro groups is 1. The molecule has 0 aliphatic heterocycles. The zero-order chi connectivity index (χ0) is 15.3. The van der Waals surface area contributed by atoms with Gasteiger partial charge in [0.25, 0.3) is 5.69 Å². The van der Waals surface area contributed by atoms with Crippen LogP contribution in [0.15, 0.2) is 24.3 Å². The van der Waals surface area contributed by atoms with Crippen LogP contribution in [-0.4, -0.2) is 33.5 Å². The molecular formula is C14H20N2O4. The van der Waals surface area contributed by atoms with Crippen LogP contribution >= 0.6 is 0 Å². The first kappa shape index (κ1) is 16.1. The highest BCUT2D eigenvalue weighted by molar-refractivity contribution is 5.66. The zero-order valence-electron chi connectivity index (χ0n) is 11.9. The van der Waals surface area contributed by atoms with E-state index in [2.05, 4.69) is 0 Å². The monoisotopic (exact) mass is 280 g/mol. The third-order valence-corrected chi connectivity index (χ3v) is 3.33. The van der Waals surface area contributed by atoms with Gasteiger partial charge in [0.15, 0.2) is 0 Å². The van der Waals surface area contributed by atoms with Gasteiger partial charge in [0, 0.05) is 30.3 Å². The summed E-state index contributed by atoms with van der Waals surface area (Å²) in [5.74, 6) is -0.870. The van der Waals surface area contributed by atoms with E-state index in [-0.39, 0.29) is 24.2 Å². The van der Waals surface area contributed by atoms with Crippen molar-refractivity contribution in [1.29, 1.82) is 0 Å². The van der Waals surface area contributed by atoms with E-state index in [0.29, 0.717) is 12.1 Å². The van der Waals surface area contributed by atoms with Crippen molar-refractivity contribution in [2.24, 2.45) is 0 Å². The molecule has 1 N–H and O–H groups in total. The van der Waals surface area contributed by atoms with Crippen molar-refractivity contribution < 1.29 is 14.8 Å². The quantitative estimate of drug-likeness (QED) is 0.613. The minimum Gasteiger partial charge on any atom is -0.481 e. The van der Waals surface area contributed by atoms with Gasteiger partial charge < -0.3 is 5.11 Å². The number of rotatable bonds is 7. The summed E-state index contributed by atoms with van der Waals surface area (Å²) in [4.78, 5) is 23.4. The van der Waals surface area contributed by atoms with Gasteiger partial charge in [0.1, 0.15) is 0 Å². The second-order valence-electron chi connectivity index (χ2n) is 4.97. The molecular weight excluding hydrogens is 260 g/mol. The Labute approximate surface area is 118 Å². The van der Waals surface area contributed by atoms with Crippen LogP contribution in [0.1, 0.15) is 38.8 Å². The summed E-state index contributed by atoms with van der Waals surface area (Å²) in [6.45, 7) is 6.13. The molecule has 0 fully saturated rings. The first-order valence-electron chi connectivity index (χ1n) is 6.55. The molecule has 6 heteroatoms. The lowest BCUT2D eigenvalue weighted by molar-refractivity contribution is -0.386. The molecule has 1 aromatic rings. The van der Waals surface area contributed by atoms with Crippen LogP contribution in [0.25, 0.3) is 0 Å². The van der Waals surface area contributed by atoms with Gasteiger partial charge in [-0.2, -0.15) is 0 Å². The average molecular weight is 280 g/mol. The van der Waals surface area contributed by atoms with Crippen LogP contribution in [-0.2, 0) is 4.79 Å². The molecule has 0 aliphatic carbocycles. The molecule has 0 saturated carbocycles. The van der Waals surface area contributed by atoms with E-state index in [4.69, 9.17) is 5.11 Å². The molecule has 0 saturated heterocycles. The summed E-state index contributed by atoms with van der Waals surface area (Å²) in [5.41, 5.74) is 0.678. The van der Waals surface area contributed by atoms with Crippen LogP contribution in [0.5, 0.6) is 0 Å². The second kappa shape index (κ2) is 7.00. The van der Waals surface area contributed by atoms with E-state index in [1.54, 1.807) is 18.2 Å². The van der Waals surface area contributed by atoms with Gasteiger partial charge in [0.05, 0.1) is 11.3 Å². The fraction of sp³-hybridized carbons (Fsp3) is 0.500. The highest BCUT2D eigenvalue weighted by Crippen LogP contribution is 2.30. The van der Waals surface area contributed by atoms with Gasteiger partial charge in [0.2, 0.25) is 0 Å². The maximum Gasteiger partial charge on any atom is 0.304 e. The molecule has 0 aromatic heterocycles. The summed E-state index contributed by atoms with van der Waals surface area (Å²) >= 11 is 0. The lowest BCUT2D eigenvalue weighted by Crippen LogP contribution is -2.35. The number of hydrogen-bond acceptors (Lipinski definition) is 4. The van der Waals surface area contributed by atoms with Gasteiger partial charge in [-0.1, -0.05) is 18.2 Å². The van der Waals surface area contributed by atoms with Crippen LogP contribution in [0.2, 0.25) is 0 Å². The number of para-hydroxylation sites is 1. The number of aliphatic carboxylic acids is 1. The molecule has 1 aromatic carbocycles. The number of carboxylic acids is 1. The largest absolute Gasteiger partial charge is 0.481 e. The average Bonchev–Trinajstić information content (AvgIpc) is 2.37. The molecule has 1 unspecified atom stereocenters. The molecule has 110 valence electrons. The second-order valence-corrected chi connectivity index (χ2v) is 4.97. The molecule has 0 aliphatic rings. The maximum absolute atomic E-state index is 11.1. The molecule has 1 rings (SSSR count). The summed E-state index contributed by atoms with van der Waals surface area (Å²) in [6, 6.07) is 6.47. The minimum absolute atomic E-state index is 0.0170. The fourth-order valence-corrected chi connectivity index (χ4v) is 2.31. The first-order valence-corrected chi connectivity index (χ1v) is 6.55. The van der Waals surface area contributed by atoms with Gasteiger partial charge >= 0.3 is 5.97 Å². The number of nitro benzene ring substituents is 1. The van der Waals surface area contributed by atoms with Crippen molar-refractivity contribution in [3.8, 4) is 0 Å². The van der Waals surface area contributed by atoms with Crippen LogP contribution in [0.4, 0.5) is 5.69 Å². The lowest BCUT2D eigenvalue weighted by atomic mass is 10.0. The highest BCUT2D eigenvalue weighted by atomic mass is 16.6. The molecule has 0 radical (unpaired) electrons. The van der Waals surface area contributed by atoms with Gasteiger partial charge in [-0.3, -0.25) is 19.8 Å². The zero-order valence-corrected chi connectivity index (χ0v) is 11.9. The first-order chi connectivity index (χ1) is 9.34. The lowest BCUT2D eigenvalue weighted by Gasteiger charge is -2.32.